The summed E-state index contributed by atoms with van der Waals surface area (Å²) in [6.45, 7) is 6.36. The maximum Gasteiger partial charge on any atom is 0.293 e. The molecular formula is C23H21Cl2NO4S. The number of nitrogens with zero attached hydrogens (tertiary/aromatic N) is 1. The van der Waals surface area contributed by atoms with E-state index in [1.807, 2.05) is 19.1 Å². The Labute approximate surface area is 195 Å². The van der Waals surface area contributed by atoms with Crippen molar-refractivity contribution in [3.63, 3.8) is 0 Å². The zero-order valence-corrected chi connectivity index (χ0v) is 19.4. The Balaban J connectivity index is 1.97. The molecular weight excluding hydrogens is 457 g/mol. The maximum absolute atomic E-state index is 12.2. The van der Waals surface area contributed by atoms with Gasteiger partial charge in [-0.2, -0.15) is 0 Å². The summed E-state index contributed by atoms with van der Waals surface area (Å²) in [5.74, 6) is 0.790. The molecule has 0 N–H and O–H groups in total. The van der Waals surface area contributed by atoms with Gasteiger partial charge in [0.05, 0.1) is 11.5 Å². The molecule has 0 aromatic heterocycles. The van der Waals surface area contributed by atoms with Crippen molar-refractivity contribution in [2.75, 3.05) is 13.7 Å². The van der Waals surface area contributed by atoms with Crippen molar-refractivity contribution in [1.29, 1.82) is 0 Å². The SMILES string of the molecule is C=CCc1cc(/C=C2\SC(=O)N(C)C2=O)cc(OCC)c1OCc1ccc(Cl)cc1Cl. The van der Waals surface area contributed by atoms with Gasteiger partial charge in [0.2, 0.25) is 0 Å². The molecule has 2 amide bonds. The third-order valence-corrected chi connectivity index (χ3v) is 6.04. The van der Waals surface area contributed by atoms with Crippen molar-refractivity contribution in [2.24, 2.45) is 0 Å². The van der Waals surface area contributed by atoms with Gasteiger partial charge in [0.25, 0.3) is 11.1 Å². The largest absolute Gasteiger partial charge is 0.490 e. The monoisotopic (exact) mass is 477 g/mol. The van der Waals surface area contributed by atoms with E-state index in [1.165, 1.54) is 7.05 Å². The molecule has 2 aromatic carbocycles. The molecule has 1 aliphatic rings. The molecule has 3 rings (SSSR count). The number of halogens is 2. The van der Waals surface area contributed by atoms with E-state index in [1.54, 1.807) is 30.4 Å². The highest BCUT2D eigenvalue weighted by molar-refractivity contribution is 8.18. The van der Waals surface area contributed by atoms with Crippen LogP contribution in [0.5, 0.6) is 11.5 Å². The number of hydrogen-bond acceptors (Lipinski definition) is 5. The van der Waals surface area contributed by atoms with Gasteiger partial charge in [-0.3, -0.25) is 14.5 Å². The Morgan fingerprint density at radius 3 is 2.52 bits per heavy atom. The zero-order valence-electron chi connectivity index (χ0n) is 17.1. The molecule has 0 radical (unpaired) electrons. The van der Waals surface area contributed by atoms with Gasteiger partial charge in [-0.15, -0.1) is 6.58 Å². The molecule has 0 bridgehead atoms. The van der Waals surface area contributed by atoms with Crippen molar-refractivity contribution in [3.05, 3.63) is 74.6 Å². The van der Waals surface area contributed by atoms with Crippen molar-refractivity contribution >= 4 is 52.2 Å². The van der Waals surface area contributed by atoms with Crippen LogP contribution in [0.2, 0.25) is 10.0 Å². The number of thioether (sulfide) groups is 1. The fraction of sp³-hybridized carbons (Fsp3) is 0.217. The molecule has 0 saturated carbocycles. The summed E-state index contributed by atoms with van der Waals surface area (Å²) in [6, 6.07) is 8.92. The standard InChI is InChI=1S/C23H21Cl2NO4S/c1-4-6-15-9-14(11-20-22(27)26(3)23(28)31-20)10-19(29-5-2)21(15)30-13-16-7-8-17(24)12-18(16)25/h4,7-12H,1,5-6,13H2,2-3H3/b20-11-. The minimum absolute atomic E-state index is 0.230. The van der Waals surface area contributed by atoms with Crippen LogP contribution in [0.25, 0.3) is 6.08 Å². The molecule has 5 nitrogen and oxygen atoms in total. The highest BCUT2D eigenvalue weighted by Gasteiger charge is 2.31. The highest BCUT2D eigenvalue weighted by Crippen LogP contribution is 2.37. The first kappa shape index (κ1) is 23.3. The van der Waals surface area contributed by atoms with E-state index in [4.69, 9.17) is 32.7 Å². The fourth-order valence-corrected chi connectivity index (χ4v) is 4.28. The van der Waals surface area contributed by atoms with Gasteiger partial charge < -0.3 is 9.47 Å². The molecule has 1 heterocycles. The summed E-state index contributed by atoms with van der Waals surface area (Å²) in [6.07, 6.45) is 3.97. The number of benzene rings is 2. The third-order valence-electron chi connectivity index (χ3n) is 4.49. The number of rotatable bonds is 8. The van der Waals surface area contributed by atoms with Crippen LogP contribution in [0.15, 0.2) is 47.9 Å². The molecule has 0 aliphatic carbocycles. The predicted octanol–water partition coefficient (Wildman–Crippen LogP) is 6.37. The van der Waals surface area contributed by atoms with Crippen LogP contribution in [0.1, 0.15) is 23.6 Å². The Kier molecular flexibility index (Phi) is 7.70. The summed E-state index contributed by atoms with van der Waals surface area (Å²) in [4.78, 5) is 25.5. The van der Waals surface area contributed by atoms with Gasteiger partial charge in [-0.05, 0) is 61.0 Å². The second-order valence-electron chi connectivity index (χ2n) is 6.70. The molecule has 0 unspecified atom stereocenters. The normalized spacial score (nSPS) is 15.0. The van der Waals surface area contributed by atoms with Crippen LogP contribution in [0.3, 0.4) is 0 Å². The van der Waals surface area contributed by atoms with Crippen molar-refractivity contribution in [3.8, 4) is 11.5 Å². The third kappa shape index (κ3) is 5.45. The lowest BCUT2D eigenvalue weighted by molar-refractivity contribution is -0.121. The molecule has 1 saturated heterocycles. The van der Waals surface area contributed by atoms with E-state index in [0.29, 0.717) is 39.5 Å². The second-order valence-corrected chi connectivity index (χ2v) is 8.54. The van der Waals surface area contributed by atoms with E-state index in [0.717, 1.165) is 33.4 Å². The first-order valence-electron chi connectivity index (χ1n) is 9.53. The number of imide groups is 1. The lowest BCUT2D eigenvalue weighted by Gasteiger charge is -2.17. The minimum Gasteiger partial charge on any atom is -0.490 e. The van der Waals surface area contributed by atoms with Gasteiger partial charge in [0.15, 0.2) is 11.5 Å². The van der Waals surface area contributed by atoms with Crippen LogP contribution in [0, 0.1) is 0 Å². The summed E-state index contributed by atoms with van der Waals surface area (Å²) in [7, 11) is 1.46. The lowest BCUT2D eigenvalue weighted by Crippen LogP contribution is -2.22. The number of amides is 2. The van der Waals surface area contributed by atoms with E-state index >= 15 is 0 Å². The van der Waals surface area contributed by atoms with Crippen molar-refractivity contribution < 1.29 is 19.1 Å². The molecule has 0 spiro atoms. The lowest BCUT2D eigenvalue weighted by atomic mass is 10.0. The molecule has 8 heteroatoms. The van der Waals surface area contributed by atoms with Gasteiger partial charge in [-0.25, -0.2) is 0 Å². The second kappa shape index (κ2) is 10.3. The summed E-state index contributed by atoms with van der Waals surface area (Å²) < 4.78 is 11.9. The zero-order chi connectivity index (χ0) is 22.5. The minimum atomic E-state index is -0.323. The van der Waals surface area contributed by atoms with E-state index in [-0.39, 0.29) is 17.8 Å². The topological polar surface area (TPSA) is 55.8 Å². The fourth-order valence-electron chi connectivity index (χ4n) is 2.99. The van der Waals surface area contributed by atoms with Gasteiger partial charge in [0, 0.05) is 28.2 Å². The number of likely N-dealkylation sites (N-methyl/N-ethyl adjacent to an activating group) is 1. The van der Waals surface area contributed by atoms with Crippen molar-refractivity contribution in [1.82, 2.24) is 4.90 Å². The van der Waals surface area contributed by atoms with Crippen LogP contribution in [-0.4, -0.2) is 29.7 Å². The molecule has 31 heavy (non-hydrogen) atoms. The summed E-state index contributed by atoms with van der Waals surface area (Å²) in [5.41, 5.74) is 2.36. The first-order chi connectivity index (χ1) is 14.8. The van der Waals surface area contributed by atoms with Gasteiger partial charge in [0.1, 0.15) is 6.61 Å². The van der Waals surface area contributed by atoms with Gasteiger partial charge in [-0.1, -0.05) is 35.3 Å². The maximum atomic E-state index is 12.2. The summed E-state index contributed by atoms with van der Waals surface area (Å²) >= 11 is 13.2. The highest BCUT2D eigenvalue weighted by atomic mass is 35.5. The molecule has 2 aromatic rings. The smallest absolute Gasteiger partial charge is 0.293 e. The average Bonchev–Trinajstić information content (AvgIpc) is 2.96. The number of hydrogen-bond donors (Lipinski definition) is 0. The number of ether oxygens (including phenoxy) is 2. The number of carbonyl (C=O) groups excluding carboxylic acids is 2. The van der Waals surface area contributed by atoms with Crippen molar-refractivity contribution in [2.45, 2.75) is 20.0 Å². The van der Waals surface area contributed by atoms with E-state index < -0.39 is 0 Å². The molecule has 162 valence electrons. The Hall–Kier alpha value is -2.41. The van der Waals surface area contributed by atoms with Crippen LogP contribution < -0.4 is 9.47 Å². The van der Waals surface area contributed by atoms with E-state index in [2.05, 4.69) is 6.58 Å². The number of allylic oxidation sites excluding steroid dienone is 1. The molecule has 1 fully saturated rings. The van der Waals surface area contributed by atoms with Gasteiger partial charge >= 0.3 is 0 Å². The number of carbonyl (C=O) groups is 2. The first-order valence-corrected chi connectivity index (χ1v) is 11.1. The van der Waals surface area contributed by atoms with Crippen LogP contribution in [0.4, 0.5) is 4.79 Å². The summed E-state index contributed by atoms with van der Waals surface area (Å²) in [5, 5.41) is 0.770. The predicted molar refractivity (Wildman–Crippen MR) is 126 cm³/mol. The Morgan fingerprint density at radius 2 is 1.90 bits per heavy atom. The van der Waals surface area contributed by atoms with Crippen LogP contribution >= 0.6 is 35.0 Å². The quantitative estimate of drug-likeness (QED) is 0.326. The Bertz CT molecular complexity index is 1070. The van der Waals surface area contributed by atoms with Crippen LogP contribution in [-0.2, 0) is 17.8 Å². The Morgan fingerprint density at radius 1 is 1.13 bits per heavy atom. The average molecular weight is 478 g/mol. The molecule has 0 atom stereocenters. The van der Waals surface area contributed by atoms with E-state index in [9.17, 15) is 9.59 Å². The molecule has 1 aliphatic heterocycles.